The summed E-state index contributed by atoms with van der Waals surface area (Å²) in [6, 6.07) is 7.44. The van der Waals surface area contributed by atoms with Crippen LogP contribution in [0.5, 0.6) is 0 Å². The highest BCUT2D eigenvalue weighted by atomic mass is 19.1. The maximum atomic E-state index is 14.1. The molecule has 0 radical (unpaired) electrons. The van der Waals surface area contributed by atoms with Crippen molar-refractivity contribution in [1.82, 2.24) is 10.2 Å². The number of nitrogens with zero attached hydrogens (tertiary/aromatic N) is 1. The summed E-state index contributed by atoms with van der Waals surface area (Å²) in [4.78, 5) is 2.45. The van der Waals surface area contributed by atoms with Crippen molar-refractivity contribution in [3.63, 3.8) is 0 Å². The molecule has 1 unspecified atom stereocenters. The zero-order valence-electron chi connectivity index (χ0n) is 12.7. The first-order chi connectivity index (χ1) is 9.76. The molecule has 1 heterocycles. The van der Waals surface area contributed by atoms with E-state index in [0.717, 1.165) is 44.1 Å². The highest BCUT2D eigenvalue weighted by Gasteiger charge is 2.23. The third-order valence-corrected chi connectivity index (χ3v) is 4.45. The van der Waals surface area contributed by atoms with Crippen LogP contribution in [0.2, 0.25) is 0 Å². The Morgan fingerprint density at radius 3 is 2.55 bits per heavy atom. The zero-order chi connectivity index (χ0) is 14.4. The number of rotatable bonds is 6. The third-order valence-electron chi connectivity index (χ3n) is 4.45. The lowest BCUT2D eigenvalue weighted by Gasteiger charge is -2.35. The first kappa shape index (κ1) is 15.5. The van der Waals surface area contributed by atoms with Gasteiger partial charge in [0.25, 0.3) is 0 Å². The molecule has 0 amide bonds. The molecule has 0 aliphatic carbocycles. The molecule has 1 N–H and O–H groups in total. The topological polar surface area (TPSA) is 15.3 Å². The fourth-order valence-electron chi connectivity index (χ4n) is 3.29. The van der Waals surface area contributed by atoms with E-state index in [1.54, 1.807) is 12.1 Å². The Hall–Kier alpha value is -0.930. The van der Waals surface area contributed by atoms with Gasteiger partial charge < -0.3 is 5.32 Å². The van der Waals surface area contributed by atoms with Crippen molar-refractivity contribution in [2.45, 2.75) is 39.2 Å². The summed E-state index contributed by atoms with van der Waals surface area (Å²) in [6.45, 7) is 8.66. The second kappa shape index (κ2) is 7.75. The van der Waals surface area contributed by atoms with E-state index in [4.69, 9.17) is 0 Å². The average Bonchev–Trinajstić information content (AvgIpc) is 2.49. The molecule has 1 aliphatic rings. The van der Waals surface area contributed by atoms with E-state index in [2.05, 4.69) is 24.1 Å². The molecular formula is C17H27FN2. The lowest BCUT2D eigenvalue weighted by atomic mass is 9.95. The molecule has 0 aromatic heterocycles. The van der Waals surface area contributed by atoms with E-state index in [1.807, 2.05) is 12.1 Å². The molecule has 20 heavy (non-hydrogen) atoms. The minimum atomic E-state index is -0.0666. The van der Waals surface area contributed by atoms with E-state index in [0.29, 0.717) is 0 Å². The number of hydrogen-bond donors (Lipinski definition) is 1. The molecule has 3 heteroatoms. The van der Waals surface area contributed by atoms with Gasteiger partial charge in [0.05, 0.1) is 0 Å². The Morgan fingerprint density at radius 2 is 1.95 bits per heavy atom. The highest BCUT2D eigenvalue weighted by Crippen LogP contribution is 2.28. The standard InChI is InChI=1S/C17H27FN2/c1-3-17(15-7-5-6-8-16(15)18)20(4-2)13-14-9-11-19-12-10-14/h5-8,14,17,19H,3-4,9-13H2,1-2H3. The molecule has 1 aromatic carbocycles. The van der Waals surface area contributed by atoms with Gasteiger partial charge in [-0.05, 0) is 50.9 Å². The van der Waals surface area contributed by atoms with Crippen molar-refractivity contribution in [2.24, 2.45) is 5.92 Å². The van der Waals surface area contributed by atoms with Gasteiger partial charge in [-0.2, -0.15) is 0 Å². The maximum Gasteiger partial charge on any atom is 0.127 e. The van der Waals surface area contributed by atoms with Gasteiger partial charge in [-0.15, -0.1) is 0 Å². The summed E-state index contributed by atoms with van der Waals surface area (Å²) in [6.07, 6.45) is 3.44. The first-order valence-electron chi connectivity index (χ1n) is 7.95. The summed E-state index contributed by atoms with van der Waals surface area (Å²) in [5.41, 5.74) is 0.853. The van der Waals surface area contributed by atoms with Crippen LogP contribution in [-0.4, -0.2) is 31.1 Å². The van der Waals surface area contributed by atoms with E-state index in [-0.39, 0.29) is 11.9 Å². The molecule has 0 spiro atoms. The van der Waals surface area contributed by atoms with Crippen molar-refractivity contribution < 1.29 is 4.39 Å². The van der Waals surface area contributed by atoms with E-state index >= 15 is 0 Å². The van der Waals surface area contributed by atoms with Crippen molar-refractivity contribution >= 4 is 0 Å². The van der Waals surface area contributed by atoms with Gasteiger partial charge in [0, 0.05) is 18.2 Å². The van der Waals surface area contributed by atoms with Crippen LogP contribution >= 0.6 is 0 Å². The molecule has 2 rings (SSSR count). The van der Waals surface area contributed by atoms with E-state index in [9.17, 15) is 4.39 Å². The molecule has 1 fully saturated rings. The predicted octanol–water partition coefficient (Wildman–Crippen LogP) is 3.60. The van der Waals surface area contributed by atoms with Gasteiger partial charge in [0.1, 0.15) is 5.82 Å². The Kier molecular flexibility index (Phi) is 5.99. The first-order valence-corrected chi connectivity index (χ1v) is 7.95. The summed E-state index contributed by atoms with van der Waals surface area (Å²) in [5.74, 6) is 0.681. The second-order valence-electron chi connectivity index (χ2n) is 5.73. The number of hydrogen-bond acceptors (Lipinski definition) is 2. The minimum absolute atomic E-state index is 0.0666. The van der Waals surface area contributed by atoms with Gasteiger partial charge in [-0.25, -0.2) is 4.39 Å². The molecular weight excluding hydrogens is 251 g/mol. The molecule has 1 aromatic rings. The van der Waals surface area contributed by atoms with Crippen LogP contribution in [0, 0.1) is 11.7 Å². The lowest BCUT2D eigenvalue weighted by Crippen LogP contribution is -2.38. The Morgan fingerprint density at radius 1 is 1.25 bits per heavy atom. The quantitative estimate of drug-likeness (QED) is 0.855. The summed E-state index contributed by atoms with van der Waals surface area (Å²) < 4.78 is 14.1. The number of piperidine rings is 1. The SMILES string of the molecule is CCC(c1ccccc1F)N(CC)CC1CCNCC1. The van der Waals surface area contributed by atoms with Crippen LogP contribution in [0.3, 0.4) is 0 Å². The normalized spacial score (nSPS) is 18.4. The van der Waals surface area contributed by atoms with Crippen LogP contribution in [-0.2, 0) is 0 Å². The Balaban J connectivity index is 2.08. The van der Waals surface area contributed by atoms with Crippen molar-refractivity contribution in [3.05, 3.63) is 35.6 Å². The zero-order valence-corrected chi connectivity index (χ0v) is 12.7. The lowest BCUT2D eigenvalue weighted by molar-refractivity contribution is 0.152. The number of benzene rings is 1. The Bertz CT molecular complexity index is 402. The van der Waals surface area contributed by atoms with E-state index in [1.165, 1.54) is 12.8 Å². The van der Waals surface area contributed by atoms with Crippen molar-refractivity contribution in [1.29, 1.82) is 0 Å². The van der Waals surface area contributed by atoms with Gasteiger partial charge >= 0.3 is 0 Å². The van der Waals surface area contributed by atoms with Gasteiger partial charge in [-0.1, -0.05) is 32.0 Å². The molecule has 1 atom stereocenters. The van der Waals surface area contributed by atoms with Crippen LogP contribution in [0.15, 0.2) is 24.3 Å². The average molecular weight is 278 g/mol. The fourth-order valence-corrected chi connectivity index (χ4v) is 3.29. The number of nitrogens with one attached hydrogen (secondary N) is 1. The summed E-state index contributed by atoms with van der Waals surface area (Å²) in [5, 5.41) is 3.41. The van der Waals surface area contributed by atoms with Gasteiger partial charge in [0.2, 0.25) is 0 Å². The van der Waals surface area contributed by atoms with Gasteiger partial charge in [-0.3, -0.25) is 4.90 Å². The minimum Gasteiger partial charge on any atom is -0.317 e. The van der Waals surface area contributed by atoms with Gasteiger partial charge in [0.15, 0.2) is 0 Å². The summed E-state index contributed by atoms with van der Waals surface area (Å²) >= 11 is 0. The number of halogens is 1. The molecule has 112 valence electrons. The van der Waals surface area contributed by atoms with Crippen molar-refractivity contribution in [3.8, 4) is 0 Å². The molecule has 0 bridgehead atoms. The van der Waals surface area contributed by atoms with Crippen LogP contribution in [0.1, 0.15) is 44.7 Å². The second-order valence-corrected chi connectivity index (χ2v) is 5.73. The molecule has 1 aliphatic heterocycles. The molecule has 0 saturated carbocycles. The van der Waals surface area contributed by atoms with Crippen molar-refractivity contribution in [2.75, 3.05) is 26.2 Å². The monoisotopic (exact) mass is 278 g/mol. The van der Waals surface area contributed by atoms with E-state index < -0.39 is 0 Å². The molecule has 2 nitrogen and oxygen atoms in total. The van der Waals surface area contributed by atoms with Crippen LogP contribution in [0.25, 0.3) is 0 Å². The summed E-state index contributed by atoms with van der Waals surface area (Å²) in [7, 11) is 0. The molecule has 1 saturated heterocycles. The maximum absolute atomic E-state index is 14.1. The largest absolute Gasteiger partial charge is 0.317 e. The van der Waals surface area contributed by atoms with Crippen LogP contribution in [0.4, 0.5) is 4.39 Å². The highest BCUT2D eigenvalue weighted by molar-refractivity contribution is 5.21. The predicted molar refractivity (Wildman–Crippen MR) is 82.3 cm³/mol. The Labute approximate surface area is 122 Å². The van der Waals surface area contributed by atoms with Crippen LogP contribution < -0.4 is 5.32 Å². The third kappa shape index (κ3) is 3.80. The fraction of sp³-hybridized carbons (Fsp3) is 0.647. The smallest absolute Gasteiger partial charge is 0.127 e.